The van der Waals surface area contributed by atoms with Crippen molar-refractivity contribution < 1.29 is 38.6 Å². The van der Waals surface area contributed by atoms with Crippen LogP contribution in [0.3, 0.4) is 0 Å². The van der Waals surface area contributed by atoms with Gasteiger partial charge in [-0.15, -0.1) is 0 Å². The molecular formula is C27H26N2O9. The van der Waals surface area contributed by atoms with Crippen molar-refractivity contribution in [1.29, 1.82) is 0 Å². The molecule has 1 atom stereocenters. The van der Waals surface area contributed by atoms with Crippen molar-refractivity contribution in [3.05, 3.63) is 87.5 Å². The number of hydrogen-bond donors (Lipinski definition) is 2. The lowest BCUT2D eigenvalue weighted by atomic mass is 9.98. The molecule has 0 aliphatic heterocycles. The van der Waals surface area contributed by atoms with Crippen LogP contribution in [0.25, 0.3) is 11.1 Å². The summed E-state index contributed by atoms with van der Waals surface area (Å²) in [5.74, 6) is -1.11. The fourth-order valence-electron chi connectivity index (χ4n) is 4.44. The van der Waals surface area contributed by atoms with Crippen LogP contribution in [0, 0.1) is 10.1 Å². The first-order chi connectivity index (χ1) is 18.3. The zero-order chi connectivity index (χ0) is 27.2. The number of methoxy groups -OCH3 is 2. The summed E-state index contributed by atoms with van der Waals surface area (Å²) in [5.41, 5.74) is 4.06. The number of nitro benzene ring substituents is 1. The summed E-state index contributed by atoms with van der Waals surface area (Å²) in [6.45, 7) is -0.733. The molecule has 3 aromatic carbocycles. The molecule has 0 fully saturated rings. The number of amides is 1. The summed E-state index contributed by atoms with van der Waals surface area (Å²) in [5, 5.41) is 23.3. The van der Waals surface area contributed by atoms with Crippen LogP contribution in [0.2, 0.25) is 0 Å². The van der Waals surface area contributed by atoms with E-state index in [1.807, 2.05) is 48.5 Å². The maximum Gasteiger partial charge on any atom is 0.407 e. The van der Waals surface area contributed by atoms with Gasteiger partial charge in [0.1, 0.15) is 6.61 Å². The van der Waals surface area contributed by atoms with Crippen molar-refractivity contribution in [2.75, 3.05) is 27.4 Å². The second-order valence-electron chi connectivity index (χ2n) is 8.47. The van der Waals surface area contributed by atoms with Crippen molar-refractivity contribution in [3.8, 4) is 22.6 Å². The van der Waals surface area contributed by atoms with Gasteiger partial charge in [0.2, 0.25) is 0 Å². The lowest BCUT2D eigenvalue weighted by Gasteiger charge is -2.18. The van der Waals surface area contributed by atoms with Crippen LogP contribution < -0.4 is 14.8 Å². The summed E-state index contributed by atoms with van der Waals surface area (Å²) < 4.78 is 21.1. The maximum absolute atomic E-state index is 12.5. The van der Waals surface area contributed by atoms with Crippen LogP contribution in [0.5, 0.6) is 11.5 Å². The van der Waals surface area contributed by atoms with Gasteiger partial charge in [-0.3, -0.25) is 10.1 Å². The highest BCUT2D eigenvalue weighted by Crippen LogP contribution is 2.44. The third kappa shape index (κ3) is 5.52. The first-order valence-electron chi connectivity index (χ1n) is 11.6. The maximum atomic E-state index is 12.5. The van der Waals surface area contributed by atoms with Gasteiger partial charge in [-0.25, -0.2) is 9.59 Å². The molecule has 3 aromatic rings. The molecule has 0 aromatic heterocycles. The van der Waals surface area contributed by atoms with Gasteiger partial charge in [0, 0.05) is 5.92 Å². The fourth-order valence-corrected chi connectivity index (χ4v) is 4.44. The van der Waals surface area contributed by atoms with Gasteiger partial charge in [0.05, 0.1) is 44.0 Å². The third-order valence-corrected chi connectivity index (χ3v) is 6.26. The Balaban J connectivity index is 1.37. The van der Waals surface area contributed by atoms with Gasteiger partial charge in [-0.05, 0) is 28.3 Å². The van der Waals surface area contributed by atoms with Crippen LogP contribution >= 0.6 is 0 Å². The number of carbonyl (C=O) groups is 2. The lowest BCUT2D eigenvalue weighted by molar-refractivity contribution is -0.386. The van der Waals surface area contributed by atoms with E-state index in [1.54, 1.807) is 0 Å². The minimum Gasteiger partial charge on any atom is -0.493 e. The van der Waals surface area contributed by atoms with Gasteiger partial charge < -0.3 is 29.4 Å². The van der Waals surface area contributed by atoms with Crippen LogP contribution in [0.4, 0.5) is 10.5 Å². The Bertz CT molecular complexity index is 1310. The topological polar surface area (TPSA) is 146 Å². The highest BCUT2D eigenvalue weighted by Gasteiger charge is 2.30. The number of nitrogens with one attached hydrogen (secondary N) is 1. The predicted molar refractivity (Wildman–Crippen MR) is 135 cm³/mol. The molecule has 1 amide bonds. The summed E-state index contributed by atoms with van der Waals surface area (Å²) in [6, 6.07) is 16.8. The Kier molecular flexibility index (Phi) is 8.07. The Morgan fingerprint density at radius 1 is 1.00 bits per heavy atom. The molecule has 1 aliphatic rings. The van der Waals surface area contributed by atoms with Gasteiger partial charge >= 0.3 is 12.1 Å². The summed E-state index contributed by atoms with van der Waals surface area (Å²) in [6.07, 6.45) is -0.917. The highest BCUT2D eigenvalue weighted by atomic mass is 16.6. The van der Waals surface area contributed by atoms with Gasteiger partial charge in [-0.2, -0.15) is 0 Å². The number of fused-ring (bicyclic) bond motifs is 3. The average molecular weight is 523 g/mol. The number of carbonyl (C=O) groups excluding carboxylic acids is 1. The summed E-state index contributed by atoms with van der Waals surface area (Å²) in [7, 11) is 2.73. The van der Waals surface area contributed by atoms with E-state index in [1.165, 1.54) is 26.4 Å². The first-order valence-corrected chi connectivity index (χ1v) is 11.6. The number of nitro groups is 1. The number of ether oxygens (including phenoxy) is 4. The Morgan fingerprint density at radius 3 is 2.13 bits per heavy atom. The molecule has 11 heteroatoms. The quantitative estimate of drug-likeness (QED) is 0.280. The highest BCUT2D eigenvalue weighted by molar-refractivity contribution is 5.81. The van der Waals surface area contributed by atoms with Crippen molar-refractivity contribution in [2.24, 2.45) is 0 Å². The number of carboxylic acids is 1. The molecular weight excluding hydrogens is 496 g/mol. The molecule has 0 heterocycles. The van der Waals surface area contributed by atoms with Crippen molar-refractivity contribution in [3.63, 3.8) is 0 Å². The molecule has 0 bridgehead atoms. The average Bonchev–Trinajstić information content (AvgIpc) is 3.24. The van der Waals surface area contributed by atoms with E-state index in [0.29, 0.717) is 0 Å². The van der Waals surface area contributed by atoms with Gasteiger partial charge in [-0.1, -0.05) is 48.5 Å². The monoisotopic (exact) mass is 522 g/mol. The molecule has 0 saturated carbocycles. The van der Waals surface area contributed by atoms with Crippen LogP contribution in [0.15, 0.2) is 60.7 Å². The standard InChI is InChI=1S/C27H26N2O9/c1-35-24-11-16(23(29(33)34)12-25(24)36-2)13-37-15-22(26(30)31)28-27(32)38-14-21-19-9-5-3-7-17(19)18-8-4-6-10-20(18)21/h3-12,21-22H,13-15H2,1-2H3,(H,28,32)(H,30,31)/t22-/m1/s1. The third-order valence-electron chi connectivity index (χ3n) is 6.26. The second-order valence-corrected chi connectivity index (χ2v) is 8.47. The first kappa shape index (κ1) is 26.4. The molecule has 38 heavy (non-hydrogen) atoms. The minimum atomic E-state index is -1.44. The van der Waals surface area contributed by atoms with Crippen LogP contribution in [-0.4, -0.2) is 55.6 Å². The molecule has 0 unspecified atom stereocenters. The number of benzene rings is 3. The molecule has 2 N–H and O–H groups in total. The normalized spacial score (nSPS) is 12.7. The van der Waals surface area contributed by atoms with Crippen molar-refractivity contribution in [2.45, 2.75) is 18.6 Å². The summed E-state index contributed by atoms with van der Waals surface area (Å²) in [4.78, 5) is 35.1. The predicted octanol–water partition coefficient (Wildman–Crippen LogP) is 4.12. The lowest BCUT2D eigenvalue weighted by Crippen LogP contribution is -2.44. The zero-order valence-electron chi connectivity index (χ0n) is 20.7. The number of hydrogen-bond acceptors (Lipinski definition) is 8. The van der Waals surface area contributed by atoms with Crippen LogP contribution in [0.1, 0.15) is 22.6 Å². The largest absolute Gasteiger partial charge is 0.493 e. The van der Waals surface area contributed by atoms with E-state index in [-0.39, 0.29) is 41.9 Å². The van der Waals surface area contributed by atoms with E-state index in [0.717, 1.165) is 22.3 Å². The Labute approximate surface area is 218 Å². The van der Waals surface area contributed by atoms with E-state index >= 15 is 0 Å². The number of alkyl carbamates (subject to hydrolysis) is 1. The van der Waals surface area contributed by atoms with E-state index < -0.39 is 29.6 Å². The van der Waals surface area contributed by atoms with E-state index in [2.05, 4.69) is 5.32 Å². The van der Waals surface area contributed by atoms with Gasteiger partial charge in [0.15, 0.2) is 17.5 Å². The SMILES string of the molecule is COc1cc(COC[C@@H](NC(=O)OCC2c3ccccc3-c3ccccc32)C(=O)O)c([N+](=O)[O-])cc1OC. The summed E-state index contributed by atoms with van der Waals surface area (Å²) >= 11 is 0. The van der Waals surface area contributed by atoms with Gasteiger partial charge in [0.25, 0.3) is 5.69 Å². The number of carboxylic acid groups (broad SMARTS) is 1. The number of aliphatic carboxylic acids is 1. The Hall–Kier alpha value is -4.64. The smallest absolute Gasteiger partial charge is 0.407 e. The molecule has 0 spiro atoms. The molecule has 1 aliphatic carbocycles. The fraction of sp³-hybridized carbons (Fsp3) is 0.259. The van der Waals surface area contributed by atoms with Crippen molar-refractivity contribution in [1.82, 2.24) is 5.32 Å². The number of nitrogens with zero attached hydrogens (tertiary/aromatic N) is 1. The Morgan fingerprint density at radius 2 is 1.58 bits per heavy atom. The second kappa shape index (κ2) is 11.6. The zero-order valence-corrected chi connectivity index (χ0v) is 20.7. The van der Waals surface area contributed by atoms with E-state index in [9.17, 15) is 24.8 Å². The van der Waals surface area contributed by atoms with Crippen LogP contribution in [-0.2, 0) is 20.9 Å². The minimum absolute atomic E-state index is 0.0187. The number of rotatable bonds is 11. The molecule has 0 saturated heterocycles. The molecule has 198 valence electrons. The molecule has 0 radical (unpaired) electrons. The molecule has 4 rings (SSSR count). The molecule has 11 nitrogen and oxygen atoms in total. The van der Waals surface area contributed by atoms with Crippen molar-refractivity contribution >= 4 is 17.7 Å². The van der Waals surface area contributed by atoms with E-state index in [4.69, 9.17) is 18.9 Å².